The van der Waals surface area contributed by atoms with Gasteiger partial charge in [-0.15, -0.1) is 0 Å². The summed E-state index contributed by atoms with van der Waals surface area (Å²) < 4.78 is 36.5. The standard InChI is InChI=1S/C12H12F3N3O/c13-12(14,15)11(19)18-8-1-2-10-9(5-8)7(3-4-16)6-17-10/h1-2,5-6,17H,3-4,16H2,(H,18,19). The van der Waals surface area contributed by atoms with Crippen LogP contribution in [0.15, 0.2) is 24.4 Å². The number of halogens is 3. The van der Waals surface area contributed by atoms with Crippen molar-refractivity contribution in [2.75, 3.05) is 11.9 Å². The van der Waals surface area contributed by atoms with E-state index in [1.165, 1.54) is 12.1 Å². The number of hydrogen-bond donors (Lipinski definition) is 3. The molecule has 0 unspecified atom stereocenters. The van der Waals surface area contributed by atoms with Crippen molar-refractivity contribution in [3.05, 3.63) is 30.0 Å². The highest BCUT2D eigenvalue weighted by Gasteiger charge is 2.38. The quantitative estimate of drug-likeness (QED) is 0.800. The lowest BCUT2D eigenvalue weighted by Crippen LogP contribution is -2.29. The van der Waals surface area contributed by atoms with E-state index in [1.54, 1.807) is 12.3 Å². The van der Waals surface area contributed by atoms with Gasteiger partial charge in [0.2, 0.25) is 0 Å². The first-order chi connectivity index (χ1) is 8.91. The van der Waals surface area contributed by atoms with E-state index in [2.05, 4.69) is 4.98 Å². The van der Waals surface area contributed by atoms with Gasteiger partial charge >= 0.3 is 12.1 Å². The molecule has 0 bridgehead atoms. The number of benzene rings is 1. The fourth-order valence-electron chi connectivity index (χ4n) is 1.82. The van der Waals surface area contributed by atoms with E-state index >= 15 is 0 Å². The fourth-order valence-corrected chi connectivity index (χ4v) is 1.82. The molecule has 1 aromatic carbocycles. The van der Waals surface area contributed by atoms with Gasteiger partial charge in [0.25, 0.3) is 0 Å². The highest BCUT2D eigenvalue weighted by Crippen LogP contribution is 2.24. The van der Waals surface area contributed by atoms with Crippen molar-refractivity contribution in [1.82, 2.24) is 4.98 Å². The number of alkyl halides is 3. The molecule has 0 aliphatic rings. The Kier molecular flexibility index (Phi) is 3.48. The normalized spacial score (nSPS) is 11.8. The molecule has 0 saturated heterocycles. The molecule has 0 aliphatic heterocycles. The van der Waals surface area contributed by atoms with Gasteiger partial charge in [0.15, 0.2) is 0 Å². The number of carbonyl (C=O) groups excluding carboxylic acids is 1. The smallest absolute Gasteiger partial charge is 0.361 e. The monoisotopic (exact) mass is 271 g/mol. The minimum absolute atomic E-state index is 0.104. The molecule has 0 saturated carbocycles. The summed E-state index contributed by atoms with van der Waals surface area (Å²) in [6.07, 6.45) is -2.53. The van der Waals surface area contributed by atoms with Crippen molar-refractivity contribution in [1.29, 1.82) is 0 Å². The van der Waals surface area contributed by atoms with Gasteiger partial charge in [-0.3, -0.25) is 4.79 Å². The number of H-pyrrole nitrogens is 1. The summed E-state index contributed by atoms with van der Waals surface area (Å²) in [6.45, 7) is 0.437. The first-order valence-electron chi connectivity index (χ1n) is 5.60. The van der Waals surface area contributed by atoms with Gasteiger partial charge in [0.05, 0.1) is 0 Å². The Morgan fingerprint density at radius 3 is 2.74 bits per heavy atom. The largest absolute Gasteiger partial charge is 0.471 e. The number of nitrogens with two attached hydrogens (primary N) is 1. The predicted molar refractivity (Wildman–Crippen MR) is 65.7 cm³/mol. The van der Waals surface area contributed by atoms with Gasteiger partial charge in [0, 0.05) is 22.8 Å². The Morgan fingerprint density at radius 1 is 1.37 bits per heavy atom. The first-order valence-corrected chi connectivity index (χ1v) is 5.60. The van der Waals surface area contributed by atoms with Crippen LogP contribution in [-0.4, -0.2) is 23.6 Å². The van der Waals surface area contributed by atoms with Crippen molar-refractivity contribution in [3.8, 4) is 0 Å². The second-order valence-corrected chi connectivity index (χ2v) is 4.06. The molecule has 4 nitrogen and oxygen atoms in total. The van der Waals surface area contributed by atoms with Crippen LogP contribution in [0.4, 0.5) is 18.9 Å². The van der Waals surface area contributed by atoms with E-state index in [4.69, 9.17) is 5.73 Å². The average Bonchev–Trinajstić information content (AvgIpc) is 2.71. The Balaban J connectivity index is 2.30. The minimum Gasteiger partial charge on any atom is -0.361 e. The Morgan fingerprint density at radius 2 is 2.11 bits per heavy atom. The molecule has 0 spiro atoms. The number of aromatic nitrogens is 1. The van der Waals surface area contributed by atoms with E-state index in [9.17, 15) is 18.0 Å². The van der Waals surface area contributed by atoms with Gasteiger partial charge in [0.1, 0.15) is 0 Å². The summed E-state index contributed by atoms with van der Waals surface area (Å²) in [6, 6.07) is 4.52. The van der Waals surface area contributed by atoms with Crippen LogP contribution in [0.5, 0.6) is 0 Å². The SMILES string of the molecule is NCCc1c[nH]c2ccc(NC(=O)C(F)(F)F)cc12. The molecular formula is C12H12F3N3O. The van der Waals surface area contributed by atoms with Crippen molar-refractivity contribution < 1.29 is 18.0 Å². The zero-order valence-electron chi connectivity index (χ0n) is 9.84. The summed E-state index contributed by atoms with van der Waals surface area (Å²) in [7, 11) is 0. The third-order valence-corrected chi connectivity index (χ3v) is 2.70. The summed E-state index contributed by atoms with van der Waals surface area (Å²) >= 11 is 0. The average molecular weight is 271 g/mol. The number of amides is 1. The molecule has 19 heavy (non-hydrogen) atoms. The second kappa shape index (κ2) is 4.93. The molecule has 0 atom stereocenters. The van der Waals surface area contributed by atoms with Crippen LogP contribution in [0.1, 0.15) is 5.56 Å². The van der Waals surface area contributed by atoms with Crippen LogP contribution in [0, 0.1) is 0 Å². The molecule has 2 aromatic rings. The zero-order chi connectivity index (χ0) is 14.0. The van der Waals surface area contributed by atoms with Gasteiger partial charge in [-0.2, -0.15) is 13.2 Å². The maximum Gasteiger partial charge on any atom is 0.471 e. The number of aromatic amines is 1. The van der Waals surface area contributed by atoms with Crippen LogP contribution in [-0.2, 0) is 11.2 Å². The molecule has 1 aromatic heterocycles. The lowest BCUT2D eigenvalue weighted by molar-refractivity contribution is -0.167. The molecular weight excluding hydrogens is 259 g/mol. The van der Waals surface area contributed by atoms with E-state index in [1.807, 2.05) is 5.32 Å². The Labute approximate surface area is 106 Å². The minimum atomic E-state index is -4.90. The highest BCUT2D eigenvalue weighted by atomic mass is 19.4. The molecule has 2 rings (SSSR count). The summed E-state index contributed by atoms with van der Waals surface area (Å²) in [4.78, 5) is 13.8. The topological polar surface area (TPSA) is 70.9 Å². The van der Waals surface area contributed by atoms with Crippen LogP contribution in [0.25, 0.3) is 10.9 Å². The van der Waals surface area contributed by atoms with Gasteiger partial charge in [-0.25, -0.2) is 0 Å². The number of anilines is 1. The van der Waals surface area contributed by atoms with Crippen molar-refractivity contribution in [3.63, 3.8) is 0 Å². The third kappa shape index (κ3) is 2.87. The van der Waals surface area contributed by atoms with Crippen LogP contribution in [0.3, 0.4) is 0 Å². The van der Waals surface area contributed by atoms with Crippen molar-refractivity contribution in [2.45, 2.75) is 12.6 Å². The molecule has 0 radical (unpaired) electrons. The number of fused-ring (bicyclic) bond motifs is 1. The maximum atomic E-state index is 12.2. The molecule has 1 amide bonds. The van der Waals surface area contributed by atoms with Crippen LogP contribution in [0.2, 0.25) is 0 Å². The van der Waals surface area contributed by atoms with Gasteiger partial charge in [-0.1, -0.05) is 0 Å². The van der Waals surface area contributed by atoms with E-state index in [0.717, 1.165) is 16.5 Å². The number of rotatable bonds is 3. The third-order valence-electron chi connectivity index (χ3n) is 2.70. The maximum absolute atomic E-state index is 12.2. The Hall–Kier alpha value is -2.02. The van der Waals surface area contributed by atoms with Crippen molar-refractivity contribution in [2.24, 2.45) is 5.73 Å². The molecule has 1 heterocycles. The molecule has 102 valence electrons. The molecule has 4 N–H and O–H groups in total. The summed E-state index contributed by atoms with van der Waals surface area (Å²) in [5.41, 5.74) is 7.25. The zero-order valence-corrected chi connectivity index (χ0v) is 9.84. The first kappa shape index (κ1) is 13.4. The molecule has 7 heteroatoms. The number of hydrogen-bond acceptors (Lipinski definition) is 2. The summed E-state index contributed by atoms with van der Waals surface area (Å²) in [5, 5.41) is 2.58. The van der Waals surface area contributed by atoms with E-state index in [0.29, 0.717) is 13.0 Å². The lowest BCUT2D eigenvalue weighted by atomic mass is 10.1. The molecule has 0 aliphatic carbocycles. The summed E-state index contributed by atoms with van der Waals surface area (Å²) in [5.74, 6) is -1.98. The highest BCUT2D eigenvalue weighted by molar-refractivity contribution is 5.97. The number of carbonyl (C=O) groups is 1. The number of nitrogens with one attached hydrogen (secondary N) is 2. The molecule has 0 fully saturated rings. The van der Waals surface area contributed by atoms with E-state index in [-0.39, 0.29) is 5.69 Å². The van der Waals surface area contributed by atoms with Crippen molar-refractivity contribution >= 4 is 22.5 Å². The van der Waals surface area contributed by atoms with Crippen LogP contribution >= 0.6 is 0 Å². The predicted octanol–water partition coefficient (Wildman–Crippen LogP) is 2.17. The van der Waals surface area contributed by atoms with Crippen LogP contribution < -0.4 is 11.1 Å². The fraction of sp³-hybridized carbons (Fsp3) is 0.250. The van der Waals surface area contributed by atoms with E-state index < -0.39 is 12.1 Å². The van der Waals surface area contributed by atoms with Gasteiger partial charge < -0.3 is 16.0 Å². The second-order valence-electron chi connectivity index (χ2n) is 4.06. The van der Waals surface area contributed by atoms with Gasteiger partial charge in [-0.05, 0) is 36.7 Å². The lowest BCUT2D eigenvalue weighted by Gasteiger charge is -2.08. The Bertz CT molecular complexity index is 604.